The van der Waals surface area contributed by atoms with Crippen LogP contribution in [0.25, 0.3) is 10.4 Å². The molecule has 1 aliphatic rings. The molecule has 1 aliphatic carbocycles. The lowest BCUT2D eigenvalue weighted by Gasteiger charge is -2.23. The molecule has 0 unspecified atom stereocenters. The number of rotatable bonds is 3. The largest absolute Gasteiger partial charge is 0.435 e. The maximum atomic E-state index is 13.0. The Morgan fingerprint density at radius 2 is 1.84 bits per heavy atom. The van der Waals surface area contributed by atoms with E-state index in [4.69, 9.17) is 0 Å². The number of thiophene rings is 1. The van der Waals surface area contributed by atoms with Gasteiger partial charge in [-0.2, -0.15) is 31.4 Å². The van der Waals surface area contributed by atoms with Crippen molar-refractivity contribution < 1.29 is 31.1 Å². The van der Waals surface area contributed by atoms with Gasteiger partial charge < -0.3 is 5.32 Å². The quantitative estimate of drug-likeness (QED) is 0.518. The molecule has 0 aromatic carbocycles. The summed E-state index contributed by atoms with van der Waals surface area (Å²) < 4.78 is 78.5. The molecule has 0 saturated heterocycles. The molecule has 0 fully saturated rings. The Balaban J connectivity index is 1.60. The van der Waals surface area contributed by atoms with Crippen LogP contribution in [0.2, 0.25) is 0 Å². The van der Waals surface area contributed by atoms with Gasteiger partial charge in [-0.15, -0.1) is 11.3 Å². The van der Waals surface area contributed by atoms with Crippen molar-refractivity contribution in [3.05, 3.63) is 58.0 Å². The van der Waals surface area contributed by atoms with E-state index in [1.807, 2.05) is 0 Å². The zero-order chi connectivity index (χ0) is 23.3. The third-order valence-corrected chi connectivity index (χ3v) is 6.48. The molecule has 0 radical (unpaired) electrons. The number of nitrogens with one attached hydrogen (secondary N) is 1. The van der Waals surface area contributed by atoms with Crippen molar-refractivity contribution in [1.29, 1.82) is 0 Å². The predicted molar refractivity (Wildman–Crippen MR) is 104 cm³/mol. The van der Waals surface area contributed by atoms with Gasteiger partial charge in [0.1, 0.15) is 11.4 Å². The monoisotopic (exact) mass is 474 g/mol. The van der Waals surface area contributed by atoms with E-state index in [2.05, 4.69) is 15.4 Å². The molecule has 0 bridgehead atoms. The highest BCUT2D eigenvalue weighted by molar-refractivity contribution is 7.15. The maximum Gasteiger partial charge on any atom is 0.435 e. The number of alkyl halides is 6. The molecule has 5 nitrogen and oxygen atoms in total. The molecule has 1 amide bonds. The SMILES string of the molecule is Cn1nc(C(F)(F)F)cc1C(=O)N[C@H]1CCCc2cc(-c3ccnc(C(F)(F)F)c3)sc21. The van der Waals surface area contributed by atoms with Crippen LogP contribution in [0, 0.1) is 0 Å². The van der Waals surface area contributed by atoms with Crippen LogP contribution in [0.5, 0.6) is 0 Å². The van der Waals surface area contributed by atoms with Crippen LogP contribution in [0.4, 0.5) is 26.3 Å². The number of hydrogen-bond acceptors (Lipinski definition) is 4. The second kappa shape index (κ2) is 7.91. The van der Waals surface area contributed by atoms with Crippen LogP contribution in [-0.2, 0) is 25.8 Å². The number of carbonyl (C=O) groups excluding carboxylic acids is 1. The summed E-state index contributed by atoms with van der Waals surface area (Å²) in [6.07, 6.45) is -6.17. The average Bonchev–Trinajstić information content (AvgIpc) is 3.32. The maximum absolute atomic E-state index is 13.0. The van der Waals surface area contributed by atoms with Gasteiger partial charge in [-0.1, -0.05) is 0 Å². The summed E-state index contributed by atoms with van der Waals surface area (Å²) in [6.45, 7) is 0. The van der Waals surface area contributed by atoms with Crippen molar-refractivity contribution in [3.63, 3.8) is 0 Å². The minimum atomic E-state index is -4.67. The van der Waals surface area contributed by atoms with Crippen molar-refractivity contribution in [1.82, 2.24) is 20.1 Å². The first-order valence-electron chi connectivity index (χ1n) is 9.52. The molecule has 1 N–H and O–H groups in total. The van der Waals surface area contributed by atoms with Crippen LogP contribution in [-0.4, -0.2) is 20.7 Å². The Kier molecular flexibility index (Phi) is 5.51. The number of pyridine rings is 1. The Bertz CT molecular complexity index is 1160. The molecule has 0 saturated carbocycles. The summed E-state index contributed by atoms with van der Waals surface area (Å²) >= 11 is 1.25. The van der Waals surface area contributed by atoms with E-state index in [1.165, 1.54) is 24.5 Å². The number of aromatic nitrogens is 3. The van der Waals surface area contributed by atoms with Crippen LogP contribution in [0.3, 0.4) is 0 Å². The normalized spacial score (nSPS) is 16.7. The summed E-state index contributed by atoms with van der Waals surface area (Å²) in [7, 11) is 1.25. The molecular weight excluding hydrogens is 458 g/mol. The Hall–Kier alpha value is -2.89. The fourth-order valence-electron chi connectivity index (χ4n) is 3.63. The van der Waals surface area contributed by atoms with E-state index in [0.717, 1.165) is 33.8 Å². The Morgan fingerprint density at radius 3 is 2.50 bits per heavy atom. The first-order chi connectivity index (χ1) is 14.9. The van der Waals surface area contributed by atoms with E-state index < -0.39 is 35.7 Å². The van der Waals surface area contributed by atoms with E-state index >= 15 is 0 Å². The zero-order valence-corrected chi connectivity index (χ0v) is 17.3. The highest BCUT2D eigenvalue weighted by Crippen LogP contribution is 2.41. The minimum Gasteiger partial charge on any atom is -0.343 e. The van der Waals surface area contributed by atoms with E-state index in [1.54, 1.807) is 6.07 Å². The molecule has 0 aliphatic heterocycles. The first kappa shape index (κ1) is 22.3. The second-order valence-electron chi connectivity index (χ2n) is 7.38. The molecule has 3 aromatic rings. The first-order valence-corrected chi connectivity index (χ1v) is 10.3. The number of carbonyl (C=O) groups is 1. The summed E-state index contributed by atoms with van der Waals surface area (Å²) in [5, 5.41) is 6.10. The van der Waals surface area contributed by atoms with E-state index in [0.29, 0.717) is 29.3 Å². The fourth-order valence-corrected chi connectivity index (χ4v) is 4.92. The number of fused-ring (bicyclic) bond motifs is 1. The molecule has 4 rings (SSSR count). The van der Waals surface area contributed by atoms with Crippen molar-refractivity contribution in [2.45, 2.75) is 37.7 Å². The molecule has 3 heterocycles. The zero-order valence-electron chi connectivity index (χ0n) is 16.5. The number of amides is 1. The number of hydrogen-bond donors (Lipinski definition) is 1. The molecule has 32 heavy (non-hydrogen) atoms. The van der Waals surface area contributed by atoms with Crippen LogP contribution in [0.15, 0.2) is 30.5 Å². The van der Waals surface area contributed by atoms with Crippen LogP contribution < -0.4 is 5.32 Å². The van der Waals surface area contributed by atoms with Gasteiger partial charge in [0.05, 0.1) is 6.04 Å². The molecule has 170 valence electrons. The van der Waals surface area contributed by atoms with Gasteiger partial charge in [0.15, 0.2) is 5.69 Å². The summed E-state index contributed by atoms with van der Waals surface area (Å²) in [6, 6.07) is 4.47. The lowest BCUT2D eigenvalue weighted by molar-refractivity contribution is -0.142. The Morgan fingerprint density at radius 1 is 1.12 bits per heavy atom. The molecule has 1 atom stereocenters. The average molecular weight is 474 g/mol. The number of nitrogens with zero attached hydrogens (tertiary/aromatic N) is 3. The van der Waals surface area contributed by atoms with Gasteiger partial charge in [0.2, 0.25) is 0 Å². The van der Waals surface area contributed by atoms with Gasteiger partial charge in [-0.25, -0.2) is 0 Å². The second-order valence-corrected chi connectivity index (χ2v) is 8.47. The molecular formula is C20H16F6N4OS. The fraction of sp³-hybridized carbons (Fsp3) is 0.350. The van der Waals surface area contributed by atoms with Crippen molar-refractivity contribution in [2.24, 2.45) is 7.05 Å². The smallest absolute Gasteiger partial charge is 0.343 e. The number of aryl methyl sites for hydroxylation is 2. The number of halogens is 6. The summed E-state index contributed by atoms with van der Waals surface area (Å²) in [4.78, 5) is 17.4. The third kappa shape index (κ3) is 4.36. The van der Waals surface area contributed by atoms with Crippen LogP contribution >= 0.6 is 11.3 Å². The van der Waals surface area contributed by atoms with Gasteiger partial charge in [-0.3, -0.25) is 14.5 Å². The molecule has 3 aromatic heterocycles. The van der Waals surface area contributed by atoms with Crippen molar-refractivity contribution in [2.75, 3.05) is 0 Å². The van der Waals surface area contributed by atoms with Crippen molar-refractivity contribution in [3.8, 4) is 10.4 Å². The predicted octanol–water partition coefficient (Wildman–Crippen LogP) is 5.39. The van der Waals surface area contributed by atoms with E-state index in [9.17, 15) is 31.1 Å². The summed E-state index contributed by atoms with van der Waals surface area (Å²) in [5.74, 6) is -0.702. The molecule has 0 spiro atoms. The van der Waals surface area contributed by atoms with Crippen LogP contribution in [0.1, 0.15) is 51.2 Å². The van der Waals surface area contributed by atoms with Gasteiger partial charge in [0, 0.05) is 29.1 Å². The minimum absolute atomic E-state index is 0.231. The summed E-state index contributed by atoms with van der Waals surface area (Å²) in [5.41, 5.74) is -1.13. The highest BCUT2D eigenvalue weighted by atomic mass is 32.1. The van der Waals surface area contributed by atoms with Gasteiger partial charge in [-0.05, 0) is 48.6 Å². The Labute approximate surface area is 182 Å². The van der Waals surface area contributed by atoms with Gasteiger partial charge in [0.25, 0.3) is 5.91 Å². The third-order valence-electron chi connectivity index (χ3n) is 5.14. The highest BCUT2D eigenvalue weighted by Gasteiger charge is 2.36. The lowest BCUT2D eigenvalue weighted by Crippen LogP contribution is -2.31. The van der Waals surface area contributed by atoms with E-state index in [-0.39, 0.29) is 5.69 Å². The molecule has 12 heteroatoms. The topological polar surface area (TPSA) is 59.8 Å². The standard InChI is InChI=1S/C20H16F6N4OS/c1-30-13(9-16(29-30)20(24,25)26)18(31)28-12-4-2-3-11-7-14(32-17(11)12)10-5-6-27-15(8-10)19(21,22)23/h5-9,12H,2-4H2,1H3,(H,28,31)/t12-/m0/s1. The van der Waals surface area contributed by atoms with Gasteiger partial charge >= 0.3 is 12.4 Å². The van der Waals surface area contributed by atoms with Crippen molar-refractivity contribution >= 4 is 17.2 Å². The lowest BCUT2D eigenvalue weighted by atomic mass is 9.94.